The van der Waals surface area contributed by atoms with Crippen LogP contribution in [0.4, 0.5) is 0 Å². The normalized spacial score (nSPS) is 20.8. The summed E-state index contributed by atoms with van der Waals surface area (Å²) in [5.74, 6) is -0.176. The first-order valence-electron chi connectivity index (χ1n) is 10.4. The molecule has 1 unspecified atom stereocenters. The second-order valence-corrected chi connectivity index (χ2v) is 10.2. The third-order valence-corrected chi connectivity index (χ3v) is 8.19. The van der Waals surface area contributed by atoms with E-state index < -0.39 is 22.2 Å². The topological polar surface area (TPSA) is 77.9 Å². The minimum atomic E-state index is -3.87. The number of aliphatic hydroxyl groups is 1. The summed E-state index contributed by atoms with van der Waals surface area (Å²) in [7, 11) is -3.87. The number of aryl methyl sites for hydroxylation is 2. The third-order valence-electron chi connectivity index (χ3n) is 6.20. The maximum absolute atomic E-state index is 13.7. The Hall–Kier alpha value is -2.22. The maximum Gasteiger partial charge on any atom is 0.244 e. The number of likely N-dealkylation sites (tertiary alicyclic amines) is 1. The van der Waals surface area contributed by atoms with E-state index in [1.54, 1.807) is 17.9 Å². The van der Waals surface area contributed by atoms with Crippen LogP contribution in [0.15, 0.2) is 47.4 Å². The Kier molecular flexibility index (Phi) is 5.70. The highest BCUT2D eigenvalue weighted by Crippen LogP contribution is 2.32. The molecule has 1 amide bonds. The molecule has 0 saturated carbocycles. The van der Waals surface area contributed by atoms with Gasteiger partial charge in [0.05, 0.1) is 11.0 Å². The molecule has 160 valence electrons. The number of hydrogen-bond acceptors (Lipinski definition) is 4. The fraction of sp³-hybridized carbons (Fsp3) is 0.435. The largest absolute Gasteiger partial charge is 0.393 e. The lowest BCUT2D eigenvalue weighted by atomic mass is 9.94. The molecular weight excluding hydrogens is 400 g/mol. The van der Waals surface area contributed by atoms with Crippen molar-refractivity contribution in [3.63, 3.8) is 0 Å². The molecule has 1 fully saturated rings. The molecule has 2 aliphatic rings. The summed E-state index contributed by atoms with van der Waals surface area (Å²) in [5.41, 5.74) is 3.49. The van der Waals surface area contributed by atoms with Gasteiger partial charge in [-0.1, -0.05) is 36.4 Å². The number of nitrogens with zero attached hydrogens (tertiary/aromatic N) is 2. The van der Waals surface area contributed by atoms with Crippen LogP contribution in [0.3, 0.4) is 0 Å². The number of fused-ring (bicyclic) bond motifs is 1. The van der Waals surface area contributed by atoms with Crippen molar-refractivity contribution in [2.45, 2.75) is 56.7 Å². The first-order valence-corrected chi connectivity index (χ1v) is 11.8. The molecule has 6 nitrogen and oxygen atoms in total. The van der Waals surface area contributed by atoms with Gasteiger partial charge in [-0.15, -0.1) is 0 Å². The van der Waals surface area contributed by atoms with Gasteiger partial charge in [0.1, 0.15) is 6.04 Å². The molecule has 2 aliphatic heterocycles. The summed E-state index contributed by atoms with van der Waals surface area (Å²) in [4.78, 5) is 15.4. The molecule has 0 spiro atoms. The number of hydrogen-bond donors (Lipinski definition) is 1. The van der Waals surface area contributed by atoms with E-state index in [2.05, 4.69) is 0 Å². The van der Waals surface area contributed by atoms with Crippen LogP contribution in [0.2, 0.25) is 0 Å². The lowest BCUT2D eigenvalue weighted by Gasteiger charge is -2.39. The number of sulfonamides is 1. The molecule has 1 atom stereocenters. The van der Waals surface area contributed by atoms with E-state index in [1.807, 2.05) is 43.3 Å². The summed E-state index contributed by atoms with van der Waals surface area (Å²) >= 11 is 0. The number of piperidine rings is 1. The van der Waals surface area contributed by atoms with Crippen LogP contribution in [-0.4, -0.2) is 53.9 Å². The summed E-state index contributed by atoms with van der Waals surface area (Å²) in [6.45, 7) is 4.74. The Balaban J connectivity index is 1.74. The second kappa shape index (κ2) is 8.13. The summed E-state index contributed by atoms with van der Waals surface area (Å²) in [6.07, 6.45) is 1.02. The highest BCUT2D eigenvalue weighted by atomic mass is 32.2. The highest BCUT2D eigenvalue weighted by molar-refractivity contribution is 7.89. The maximum atomic E-state index is 13.7. The zero-order valence-electron chi connectivity index (χ0n) is 17.4. The van der Waals surface area contributed by atoms with Crippen LogP contribution in [-0.2, 0) is 27.8 Å². The molecule has 4 rings (SSSR count). The molecule has 1 N–H and O–H groups in total. The molecule has 2 aromatic rings. The number of rotatable bonds is 3. The molecule has 2 aromatic carbocycles. The first-order chi connectivity index (χ1) is 14.3. The minimum absolute atomic E-state index is 0.176. The Morgan fingerprint density at radius 3 is 2.40 bits per heavy atom. The minimum Gasteiger partial charge on any atom is -0.393 e. The van der Waals surface area contributed by atoms with Crippen molar-refractivity contribution in [1.29, 1.82) is 0 Å². The van der Waals surface area contributed by atoms with Crippen LogP contribution in [0.25, 0.3) is 0 Å². The van der Waals surface area contributed by atoms with Gasteiger partial charge < -0.3 is 10.0 Å². The summed E-state index contributed by atoms with van der Waals surface area (Å²) < 4.78 is 28.8. The zero-order chi connectivity index (χ0) is 21.5. The number of aliphatic hydroxyl groups excluding tert-OH is 1. The van der Waals surface area contributed by atoms with E-state index in [0.29, 0.717) is 37.9 Å². The van der Waals surface area contributed by atoms with Crippen molar-refractivity contribution in [3.05, 3.63) is 64.7 Å². The van der Waals surface area contributed by atoms with Gasteiger partial charge in [0.15, 0.2) is 0 Å². The molecule has 7 heteroatoms. The summed E-state index contributed by atoms with van der Waals surface area (Å²) in [5, 5.41) is 9.79. The van der Waals surface area contributed by atoms with Gasteiger partial charge in [-0.2, -0.15) is 4.31 Å². The third kappa shape index (κ3) is 3.89. The van der Waals surface area contributed by atoms with Crippen LogP contribution in [0.1, 0.15) is 35.1 Å². The fourth-order valence-electron chi connectivity index (χ4n) is 4.37. The first kappa shape index (κ1) is 21.0. The van der Waals surface area contributed by atoms with Gasteiger partial charge in [-0.3, -0.25) is 4.79 Å². The standard InChI is InChI=1S/C23H28N2O4S/c1-16-7-8-17(2)22(13-16)30(28,29)25-15-19-6-4-3-5-18(19)14-21(25)23(27)24-11-9-20(26)10-12-24/h3-8,13,20-21,26H,9-12,14-15H2,1-2H3. The Labute approximate surface area is 178 Å². The van der Waals surface area contributed by atoms with E-state index in [9.17, 15) is 18.3 Å². The average molecular weight is 429 g/mol. The molecular formula is C23H28N2O4S. The molecule has 1 saturated heterocycles. The molecule has 0 aromatic heterocycles. The van der Waals surface area contributed by atoms with Gasteiger partial charge in [0.2, 0.25) is 15.9 Å². The Bertz CT molecular complexity index is 1060. The smallest absolute Gasteiger partial charge is 0.244 e. The molecule has 0 radical (unpaired) electrons. The Morgan fingerprint density at radius 2 is 1.70 bits per heavy atom. The Morgan fingerprint density at radius 1 is 1.03 bits per heavy atom. The quantitative estimate of drug-likeness (QED) is 0.814. The summed E-state index contributed by atoms with van der Waals surface area (Å²) in [6, 6.07) is 12.3. The number of amides is 1. The number of carbonyl (C=O) groups is 1. The van der Waals surface area contributed by atoms with Gasteiger partial charge in [-0.05, 0) is 61.4 Å². The lowest BCUT2D eigenvalue weighted by molar-refractivity contribution is -0.137. The number of carbonyl (C=O) groups excluding carboxylic acids is 1. The molecule has 30 heavy (non-hydrogen) atoms. The van der Waals surface area contributed by atoms with Gasteiger partial charge in [-0.25, -0.2) is 8.42 Å². The van der Waals surface area contributed by atoms with Crippen molar-refractivity contribution >= 4 is 15.9 Å². The predicted molar refractivity (Wildman–Crippen MR) is 114 cm³/mol. The molecule has 0 aliphatic carbocycles. The van der Waals surface area contributed by atoms with Crippen molar-refractivity contribution in [2.75, 3.05) is 13.1 Å². The fourth-order valence-corrected chi connectivity index (χ4v) is 6.24. The van der Waals surface area contributed by atoms with E-state index in [1.165, 1.54) is 4.31 Å². The lowest BCUT2D eigenvalue weighted by Crippen LogP contribution is -2.55. The monoisotopic (exact) mass is 428 g/mol. The van der Waals surface area contributed by atoms with Crippen LogP contribution >= 0.6 is 0 Å². The van der Waals surface area contributed by atoms with Gasteiger partial charge in [0, 0.05) is 19.6 Å². The zero-order valence-corrected chi connectivity index (χ0v) is 18.2. The van der Waals surface area contributed by atoms with Gasteiger partial charge >= 0.3 is 0 Å². The van der Waals surface area contributed by atoms with Gasteiger partial charge in [0.25, 0.3) is 0 Å². The second-order valence-electron chi connectivity index (χ2n) is 8.36. The van der Waals surface area contributed by atoms with Crippen molar-refractivity contribution in [1.82, 2.24) is 9.21 Å². The van der Waals surface area contributed by atoms with Crippen LogP contribution in [0, 0.1) is 13.8 Å². The predicted octanol–water partition coefficient (Wildman–Crippen LogP) is 2.40. The van der Waals surface area contributed by atoms with E-state index >= 15 is 0 Å². The SMILES string of the molecule is Cc1ccc(C)c(S(=O)(=O)N2Cc3ccccc3CC2C(=O)N2CCC(O)CC2)c1. The van der Waals surface area contributed by atoms with E-state index in [0.717, 1.165) is 16.7 Å². The van der Waals surface area contributed by atoms with Crippen molar-refractivity contribution in [2.24, 2.45) is 0 Å². The van der Waals surface area contributed by atoms with Crippen molar-refractivity contribution in [3.8, 4) is 0 Å². The average Bonchev–Trinajstić information content (AvgIpc) is 2.74. The van der Waals surface area contributed by atoms with Crippen LogP contribution < -0.4 is 0 Å². The molecule has 2 heterocycles. The van der Waals surface area contributed by atoms with E-state index in [4.69, 9.17) is 0 Å². The molecule has 0 bridgehead atoms. The highest BCUT2D eigenvalue weighted by Gasteiger charge is 2.42. The van der Waals surface area contributed by atoms with Crippen LogP contribution in [0.5, 0.6) is 0 Å². The number of benzene rings is 2. The van der Waals surface area contributed by atoms with E-state index in [-0.39, 0.29) is 17.3 Å². The van der Waals surface area contributed by atoms with Crippen molar-refractivity contribution < 1.29 is 18.3 Å².